The summed E-state index contributed by atoms with van der Waals surface area (Å²) in [6, 6.07) is 4.19. The van der Waals surface area contributed by atoms with Crippen molar-refractivity contribution in [3.8, 4) is 6.07 Å². The van der Waals surface area contributed by atoms with Crippen LogP contribution in [0.15, 0.2) is 12.1 Å². The second-order valence-corrected chi connectivity index (χ2v) is 3.79. The Hall–Kier alpha value is -1.67. The average molecular weight is 254 g/mol. The first-order valence-corrected chi connectivity index (χ1v) is 5.90. The molecular formula is C13H16F2N2O. The van der Waals surface area contributed by atoms with Gasteiger partial charge in [0.25, 0.3) is 0 Å². The molecular weight excluding hydrogens is 238 g/mol. The van der Waals surface area contributed by atoms with E-state index in [0.717, 1.165) is 12.8 Å². The Kier molecular flexibility index (Phi) is 6.09. The van der Waals surface area contributed by atoms with Crippen LogP contribution in [0.5, 0.6) is 0 Å². The molecule has 0 heterocycles. The van der Waals surface area contributed by atoms with Crippen LogP contribution in [0.2, 0.25) is 0 Å². The van der Waals surface area contributed by atoms with Crippen molar-refractivity contribution in [1.82, 2.24) is 0 Å². The summed E-state index contributed by atoms with van der Waals surface area (Å²) in [5.74, 6) is -2.14. The van der Waals surface area contributed by atoms with Crippen LogP contribution in [0, 0.1) is 23.0 Å². The van der Waals surface area contributed by atoms with E-state index >= 15 is 0 Å². The summed E-state index contributed by atoms with van der Waals surface area (Å²) >= 11 is 0. The standard InChI is InChI=1S/C13H16F2N2O/c1-2-3-7-18-8-6-17-11-5-4-10(9-16)12(14)13(11)15/h4-5,17H,2-3,6-8H2,1H3. The highest BCUT2D eigenvalue weighted by Gasteiger charge is 2.12. The number of nitriles is 1. The van der Waals surface area contributed by atoms with Crippen LogP contribution in [0.1, 0.15) is 25.3 Å². The van der Waals surface area contributed by atoms with Gasteiger partial charge in [-0.15, -0.1) is 0 Å². The number of rotatable bonds is 7. The lowest BCUT2D eigenvalue weighted by Crippen LogP contribution is -2.11. The molecule has 0 unspecified atom stereocenters. The number of unbranched alkanes of at least 4 members (excludes halogenated alkanes) is 1. The molecule has 0 aliphatic carbocycles. The van der Waals surface area contributed by atoms with Gasteiger partial charge in [0.15, 0.2) is 11.6 Å². The predicted octanol–water partition coefficient (Wildman–Crippen LogP) is 3.07. The number of nitrogens with zero attached hydrogens (tertiary/aromatic N) is 1. The first-order valence-electron chi connectivity index (χ1n) is 5.90. The molecule has 98 valence electrons. The Morgan fingerprint density at radius 2 is 2.06 bits per heavy atom. The Morgan fingerprint density at radius 1 is 1.28 bits per heavy atom. The maximum absolute atomic E-state index is 13.4. The fourth-order valence-electron chi connectivity index (χ4n) is 1.38. The molecule has 18 heavy (non-hydrogen) atoms. The van der Waals surface area contributed by atoms with E-state index < -0.39 is 11.6 Å². The van der Waals surface area contributed by atoms with Crippen LogP contribution in [-0.4, -0.2) is 19.8 Å². The first kappa shape index (κ1) is 14.4. The zero-order valence-corrected chi connectivity index (χ0v) is 10.3. The van der Waals surface area contributed by atoms with E-state index in [0.29, 0.717) is 19.8 Å². The highest BCUT2D eigenvalue weighted by Crippen LogP contribution is 2.19. The van der Waals surface area contributed by atoms with E-state index in [4.69, 9.17) is 10.00 Å². The second kappa shape index (κ2) is 7.62. The minimum absolute atomic E-state index is 0.0468. The smallest absolute Gasteiger partial charge is 0.183 e. The monoisotopic (exact) mass is 254 g/mol. The SMILES string of the molecule is CCCCOCCNc1ccc(C#N)c(F)c1F. The Bertz CT molecular complexity index is 430. The molecule has 0 amide bonds. The molecule has 0 aliphatic rings. The largest absolute Gasteiger partial charge is 0.380 e. The van der Waals surface area contributed by atoms with Crippen LogP contribution in [-0.2, 0) is 4.74 Å². The maximum Gasteiger partial charge on any atom is 0.183 e. The first-order chi connectivity index (χ1) is 8.70. The van der Waals surface area contributed by atoms with Crippen LogP contribution in [0.3, 0.4) is 0 Å². The molecule has 0 aromatic heterocycles. The quantitative estimate of drug-likeness (QED) is 0.760. The van der Waals surface area contributed by atoms with Gasteiger partial charge >= 0.3 is 0 Å². The van der Waals surface area contributed by atoms with Crippen molar-refractivity contribution in [3.05, 3.63) is 29.3 Å². The van der Waals surface area contributed by atoms with Crippen LogP contribution in [0.25, 0.3) is 0 Å². The van der Waals surface area contributed by atoms with Crippen molar-refractivity contribution in [2.45, 2.75) is 19.8 Å². The van der Waals surface area contributed by atoms with E-state index in [1.54, 1.807) is 6.07 Å². The van der Waals surface area contributed by atoms with Gasteiger partial charge in [-0.1, -0.05) is 13.3 Å². The van der Waals surface area contributed by atoms with Gasteiger partial charge in [-0.2, -0.15) is 5.26 Å². The molecule has 1 rings (SSSR count). The summed E-state index contributed by atoms with van der Waals surface area (Å²) in [4.78, 5) is 0. The third kappa shape index (κ3) is 3.97. The van der Waals surface area contributed by atoms with Gasteiger partial charge in [0.2, 0.25) is 0 Å². The van der Waals surface area contributed by atoms with Crippen molar-refractivity contribution in [2.24, 2.45) is 0 Å². The number of halogens is 2. The minimum Gasteiger partial charge on any atom is -0.380 e. The highest BCUT2D eigenvalue weighted by molar-refractivity contribution is 5.49. The van der Waals surface area contributed by atoms with Gasteiger partial charge in [-0.05, 0) is 18.6 Å². The normalized spacial score (nSPS) is 10.1. The van der Waals surface area contributed by atoms with Crippen molar-refractivity contribution in [3.63, 3.8) is 0 Å². The van der Waals surface area contributed by atoms with Gasteiger partial charge in [-0.25, -0.2) is 8.78 Å². The Labute approximate surface area is 105 Å². The summed E-state index contributed by atoms with van der Waals surface area (Å²) in [7, 11) is 0. The molecule has 0 aliphatic heterocycles. The van der Waals surface area contributed by atoms with Crippen LogP contribution in [0.4, 0.5) is 14.5 Å². The van der Waals surface area contributed by atoms with Gasteiger partial charge in [-0.3, -0.25) is 0 Å². The summed E-state index contributed by atoms with van der Waals surface area (Å²) in [5, 5.41) is 11.3. The number of ether oxygens (including phenoxy) is 1. The predicted molar refractivity (Wildman–Crippen MR) is 65.3 cm³/mol. The second-order valence-electron chi connectivity index (χ2n) is 3.79. The number of hydrogen-bond donors (Lipinski definition) is 1. The summed E-state index contributed by atoms with van der Waals surface area (Å²) in [6.45, 7) is 3.56. The maximum atomic E-state index is 13.4. The van der Waals surface area contributed by atoms with Crippen molar-refractivity contribution in [2.75, 3.05) is 25.1 Å². The lowest BCUT2D eigenvalue weighted by molar-refractivity contribution is 0.141. The number of nitrogens with one attached hydrogen (secondary N) is 1. The molecule has 0 fully saturated rings. The molecule has 0 atom stereocenters. The Morgan fingerprint density at radius 3 is 2.72 bits per heavy atom. The molecule has 1 aromatic carbocycles. The topological polar surface area (TPSA) is 45.0 Å². The molecule has 0 radical (unpaired) electrons. The molecule has 0 saturated heterocycles. The highest BCUT2D eigenvalue weighted by atomic mass is 19.2. The molecule has 0 saturated carbocycles. The zero-order valence-electron chi connectivity index (χ0n) is 10.3. The van der Waals surface area contributed by atoms with Gasteiger partial charge in [0.1, 0.15) is 6.07 Å². The van der Waals surface area contributed by atoms with Crippen molar-refractivity contribution in [1.29, 1.82) is 5.26 Å². The fourth-order valence-corrected chi connectivity index (χ4v) is 1.38. The summed E-state index contributed by atoms with van der Waals surface area (Å²) in [6.07, 6.45) is 2.04. The molecule has 5 heteroatoms. The lowest BCUT2D eigenvalue weighted by atomic mass is 10.2. The van der Waals surface area contributed by atoms with Gasteiger partial charge in [0.05, 0.1) is 17.9 Å². The minimum atomic E-state index is -1.12. The molecule has 0 bridgehead atoms. The molecule has 3 nitrogen and oxygen atoms in total. The molecule has 1 aromatic rings. The van der Waals surface area contributed by atoms with E-state index in [-0.39, 0.29) is 11.3 Å². The number of benzene rings is 1. The third-order valence-corrected chi connectivity index (χ3v) is 2.41. The van der Waals surface area contributed by atoms with Crippen molar-refractivity contribution >= 4 is 5.69 Å². The molecule has 1 N–H and O–H groups in total. The third-order valence-electron chi connectivity index (χ3n) is 2.41. The van der Waals surface area contributed by atoms with Gasteiger partial charge < -0.3 is 10.1 Å². The summed E-state index contributed by atoms with van der Waals surface area (Å²) in [5.41, 5.74) is -0.247. The molecule has 0 spiro atoms. The number of anilines is 1. The van der Waals surface area contributed by atoms with E-state index in [1.807, 2.05) is 0 Å². The Balaban J connectivity index is 2.44. The van der Waals surface area contributed by atoms with E-state index in [2.05, 4.69) is 12.2 Å². The van der Waals surface area contributed by atoms with Crippen molar-refractivity contribution < 1.29 is 13.5 Å². The van der Waals surface area contributed by atoms with Gasteiger partial charge in [0, 0.05) is 13.2 Å². The van der Waals surface area contributed by atoms with Crippen LogP contribution < -0.4 is 5.32 Å². The lowest BCUT2D eigenvalue weighted by Gasteiger charge is -2.09. The van der Waals surface area contributed by atoms with E-state index in [1.165, 1.54) is 12.1 Å². The number of hydrogen-bond acceptors (Lipinski definition) is 3. The summed E-state index contributed by atoms with van der Waals surface area (Å²) < 4.78 is 32.0. The van der Waals surface area contributed by atoms with E-state index in [9.17, 15) is 8.78 Å². The fraction of sp³-hybridized carbons (Fsp3) is 0.462. The zero-order chi connectivity index (χ0) is 13.4. The average Bonchev–Trinajstić information content (AvgIpc) is 2.38. The van der Waals surface area contributed by atoms with Crippen LogP contribution >= 0.6 is 0 Å².